The molecule has 3 aromatic rings. The number of benzene rings is 1. The van der Waals surface area contributed by atoms with Gasteiger partial charge in [0.25, 0.3) is 0 Å². The summed E-state index contributed by atoms with van der Waals surface area (Å²) in [4.78, 5) is 25.0. The van der Waals surface area contributed by atoms with Crippen molar-refractivity contribution < 1.29 is 14.3 Å². The molecule has 2 N–H and O–H groups in total. The van der Waals surface area contributed by atoms with Crippen molar-refractivity contribution in [1.82, 2.24) is 20.1 Å². The molecule has 28 heavy (non-hydrogen) atoms. The third-order valence-corrected chi connectivity index (χ3v) is 5.45. The van der Waals surface area contributed by atoms with Crippen LogP contribution < -0.4 is 5.32 Å². The Morgan fingerprint density at radius 2 is 2.07 bits per heavy atom. The predicted octanol–water partition coefficient (Wildman–Crippen LogP) is 3.38. The Kier molecular flexibility index (Phi) is 6.37. The van der Waals surface area contributed by atoms with Gasteiger partial charge >= 0.3 is 5.97 Å². The van der Waals surface area contributed by atoms with Gasteiger partial charge in [-0.1, -0.05) is 18.2 Å². The lowest BCUT2D eigenvalue weighted by Crippen LogP contribution is -2.32. The lowest BCUT2D eigenvalue weighted by molar-refractivity contribution is -0.123. The molecule has 0 fully saturated rings. The summed E-state index contributed by atoms with van der Waals surface area (Å²) in [6, 6.07) is 10.5. The quantitative estimate of drug-likeness (QED) is 0.455. The number of methoxy groups -OCH3 is 1. The van der Waals surface area contributed by atoms with Crippen LogP contribution >= 0.6 is 23.6 Å². The van der Waals surface area contributed by atoms with E-state index in [9.17, 15) is 9.59 Å². The van der Waals surface area contributed by atoms with Gasteiger partial charge in [0, 0.05) is 6.54 Å². The average Bonchev–Trinajstić information content (AvgIpc) is 3.36. The average molecular weight is 417 g/mol. The van der Waals surface area contributed by atoms with Crippen molar-refractivity contribution in [1.29, 1.82) is 0 Å². The standard InChI is InChI=1S/C19H20N4O3S2/c1-12(23-16(21-22-19(23)27)15-4-3-11-28-15)17(24)20-10-9-13-5-7-14(8-6-13)18(25)26-2/h3-8,11-12H,9-10H2,1-2H3,(H,20,24)(H,22,27). The van der Waals surface area contributed by atoms with Crippen molar-refractivity contribution >= 4 is 35.4 Å². The van der Waals surface area contributed by atoms with Crippen LogP contribution in [-0.4, -0.2) is 40.3 Å². The second-order valence-electron chi connectivity index (χ2n) is 6.11. The molecule has 0 aliphatic heterocycles. The van der Waals surface area contributed by atoms with E-state index >= 15 is 0 Å². The van der Waals surface area contributed by atoms with E-state index in [0.717, 1.165) is 10.4 Å². The predicted molar refractivity (Wildman–Crippen MR) is 110 cm³/mol. The molecule has 1 atom stereocenters. The van der Waals surface area contributed by atoms with Crippen LogP contribution in [0, 0.1) is 4.77 Å². The molecule has 7 nitrogen and oxygen atoms in total. The molecular weight excluding hydrogens is 396 g/mol. The summed E-state index contributed by atoms with van der Waals surface area (Å²) in [5.41, 5.74) is 1.51. The van der Waals surface area contributed by atoms with Crippen LogP contribution in [0.15, 0.2) is 41.8 Å². The first kappa shape index (κ1) is 20.0. The maximum atomic E-state index is 12.6. The molecule has 0 spiro atoms. The zero-order valence-electron chi connectivity index (χ0n) is 15.5. The van der Waals surface area contributed by atoms with E-state index in [1.54, 1.807) is 23.6 Å². The van der Waals surface area contributed by atoms with E-state index in [1.165, 1.54) is 18.4 Å². The van der Waals surface area contributed by atoms with Crippen molar-refractivity contribution in [2.45, 2.75) is 19.4 Å². The van der Waals surface area contributed by atoms with E-state index in [4.69, 9.17) is 12.2 Å². The lowest BCUT2D eigenvalue weighted by Gasteiger charge is -2.15. The molecular formula is C19H20N4O3S2. The highest BCUT2D eigenvalue weighted by molar-refractivity contribution is 7.71. The third kappa shape index (κ3) is 4.37. The van der Waals surface area contributed by atoms with Crippen LogP contribution in [0.1, 0.15) is 28.9 Å². The molecule has 0 radical (unpaired) electrons. The highest BCUT2D eigenvalue weighted by Crippen LogP contribution is 2.25. The molecule has 1 amide bonds. The van der Waals surface area contributed by atoms with E-state index < -0.39 is 6.04 Å². The fraction of sp³-hybridized carbons (Fsp3) is 0.263. The maximum absolute atomic E-state index is 12.6. The molecule has 146 valence electrons. The SMILES string of the molecule is COC(=O)c1ccc(CCNC(=O)C(C)n2c(-c3cccs3)n[nH]c2=S)cc1. The Labute approximate surface area is 171 Å². The number of rotatable bonds is 7. The molecule has 0 bridgehead atoms. The number of nitrogens with one attached hydrogen (secondary N) is 2. The summed E-state index contributed by atoms with van der Waals surface area (Å²) in [6.07, 6.45) is 0.647. The van der Waals surface area contributed by atoms with Gasteiger partial charge in [-0.2, -0.15) is 5.10 Å². The van der Waals surface area contributed by atoms with Crippen LogP contribution in [0.4, 0.5) is 0 Å². The number of nitrogens with zero attached hydrogens (tertiary/aromatic N) is 2. The summed E-state index contributed by atoms with van der Waals surface area (Å²) in [7, 11) is 1.35. The van der Waals surface area contributed by atoms with E-state index in [0.29, 0.717) is 29.1 Å². The Hall–Kier alpha value is -2.78. The number of hydrogen-bond donors (Lipinski definition) is 2. The molecule has 2 heterocycles. The smallest absolute Gasteiger partial charge is 0.337 e. The van der Waals surface area contributed by atoms with E-state index in [1.807, 2.05) is 29.6 Å². The summed E-state index contributed by atoms with van der Waals surface area (Å²) < 4.78 is 6.81. The minimum atomic E-state index is -0.495. The second kappa shape index (κ2) is 8.94. The normalized spacial score (nSPS) is 11.8. The van der Waals surface area contributed by atoms with Gasteiger partial charge in [0.15, 0.2) is 10.6 Å². The fourth-order valence-electron chi connectivity index (χ4n) is 2.76. The van der Waals surface area contributed by atoms with Crippen molar-refractivity contribution in [3.63, 3.8) is 0 Å². The number of esters is 1. The van der Waals surface area contributed by atoms with Crippen molar-refractivity contribution in [2.75, 3.05) is 13.7 Å². The Morgan fingerprint density at radius 1 is 1.32 bits per heavy atom. The highest BCUT2D eigenvalue weighted by Gasteiger charge is 2.21. The number of thiophene rings is 1. The first-order valence-electron chi connectivity index (χ1n) is 8.67. The zero-order chi connectivity index (χ0) is 20.1. The molecule has 0 saturated carbocycles. The fourth-order valence-corrected chi connectivity index (χ4v) is 3.76. The van der Waals surface area contributed by atoms with Crippen molar-refractivity contribution in [2.24, 2.45) is 0 Å². The molecule has 0 saturated heterocycles. The number of H-pyrrole nitrogens is 1. The summed E-state index contributed by atoms with van der Waals surface area (Å²) in [6.45, 7) is 2.27. The summed E-state index contributed by atoms with van der Waals surface area (Å²) in [5, 5.41) is 11.9. The van der Waals surface area contributed by atoms with Gasteiger partial charge in [0.05, 0.1) is 17.6 Å². The molecule has 2 aromatic heterocycles. The minimum Gasteiger partial charge on any atom is -0.465 e. The first-order valence-corrected chi connectivity index (χ1v) is 9.95. The summed E-state index contributed by atoms with van der Waals surface area (Å²) >= 11 is 6.84. The molecule has 0 aliphatic carbocycles. The first-order chi connectivity index (χ1) is 13.5. The van der Waals surface area contributed by atoms with Crippen LogP contribution in [0.25, 0.3) is 10.7 Å². The number of amides is 1. The maximum Gasteiger partial charge on any atom is 0.337 e. The van der Waals surface area contributed by atoms with Gasteiger partial charge < -0.3 is 10.1 Å². The molecule has 0 aliphatic rings. The van der Waals surface area contributed by atoms with Gasteiger partial charge in [0.2, 0.25) is 5.91 Å². The number of carbonyl (C=O) groups excluding carboxylic acids is 2. The van der Waals surface area contributed by atoms with E-state index in [-0.39, 0.29) is 11.9 Å². The number of ether oxygens (including phenoxy) is 1. The van der Waals surface area contributed by atoms with Crippen LogP contribution in [0.3, 0.4) is 0 Å². The number of aromatic nitrogens is 3. The highest BCUT2D eigenvalue weighted by atomic mass is 32.1. The van der Waals surface area contributed by atoms with E-state index in [2.05, 4.69) is 20.3 Å². The molecule has 3 rings (SSSR count). The second-order valence-corrected chi connectivity index (χ2v) is 7.44. The number of carbonyl (C=O) groups is 2. The lowest BCUT2D eigenvalue weighted by atomic mass is 10.1. The van der Waals surface area contributed by atoms with Gasteiger partial charge in [0.1, 0.15) is 6.04 Å². The molecule has 1 unspecified atom stereocenters. The minimum absolute atomic E-state index is 0.138. The topological polar surface area (TPSA) is 89.0 Å². The van der Waals surface area contributed by atoms with Gasteiger partial charge in [-0.25, -0.2) is 4.79 Å². The molecule has 9 heteroatoms. The molecule has 1 aromatic carbocycles. The Morgan fingerprint density at radius 3 is 2.71 bits per heavy atom. The number of aromatic amines is 1. The van der Waals surface area contributed by atoms with Gasteiger partial charge in [-0.15, -0.1) is 11.3 Å². The van der Waals surface area contributed by atoms with Crippen molar-refractivity contribution in [3.8, 4) is 10.7 Å². The Bertz CT molecular complexity index is 1010. The Balaban J connectivity index is 1.61. The third-order valence-electron chi connectivity index (χ3n) is 4.30. The monoisotopic (exact) mass is 416 g/mol. The largest absolute Gasteiger partial charge is 0.465 e. The van der Waals surface area contributed by atoms with Gasteiger partial charge in [-0.3, -0.25) is 14.5 Å². The zero-order valence-corrected chi connectivity index (χ0v) is 17.1. The van der Waals surface area contributed by atoms with Crippen LogP contribution in [-0.2, 0) is 16.0 Å². The van der Waals surface area contributed by atoms with Crippen molar-refractivity contribution in [3.05, 3.63) is 57.7 Å². The van der Waals surface area contributed by atoms with Crippen LogP contribution in [0.2, 0.25) is 0 Å². The van der Waals surface area contributed by atoms with Gasteiger partial charge in [-0.05, 0) is 54.7 Å². The number of hydrogen-bond acceptors (Lipinski definition) is 6. The summed E-state index contributed by atoms with van der Waals surface area (Å²) in [5.74, 6) is 0.148. The van der Waals surface area contributed by atoms with Crippen LogP contribution in [0.5, 0.6) is 0 Å².